The van der Waals surface area contributed by atoms with Gasteiger partial charge in [-0.25, -0.2) is 4.98 Å². The number of hydrogen-bond donors (Lipinski definition) is 0. The Bertz CT molecular complexity index is 1880. The van der Waals surface area contributed by atoms with Gasteiger partial charge in [-0.05, 0) is 71.8 Å². The zero-order valence-corrected chi connectivity index (χ0v) is 18.9. The third-order valence-corrected chi connectivity index (χ3v) is 7.62. The first kappa shape index (κ1) is 19.0. The summed E-state index contributed by atoms with van der Waals surface area (Å²) in [5.41, 5.74) is 6.20. The van der Waals surface area contributed by atoms with Crippen molar-refractivity contribution in [1.29, 1.82) is 5.26 Å². The Morgan fingerprint density at radius 1 is 0.676 bits per heavy atom. The van der Waals surface area contributed by atoms with Gasteiger partial charge < -0.3 is 0 Å². The number of benzene rings is 4. The first-order chi connectivity index (χ1) is 16.8. The van der Waals surface area contributed by atoms with Crippen LogP contribution in [0.15, 0.2) is 103 Å². The van der Waals surface area contributed by atoms with Crippen LogP contribution in [0.25, 0.3) is 58.9 Å². The molecule has 158 valence electrons. The van der Waals surface area contributed by atoms with Crippen molar-refractivity contribution in [2.75, 3.05) is 0 Å². The van der Waals surface area contributed by atoms with Gasteiger partial charge in [0.25, 0.3) is 0 Å². The topological polar surface area (TPSA) is 41.6 Å². The van der Waals surface area contributed by atoms with E-state index in [9.17, 15) is 5.26 Å². The third kappa shape index (κ3) is 2.78. The summed E-state index contributed by atoms with van der Waals surface area (Å²) in [7, 11) is 0. The van der Waals surface area contributed by atoms with Crippen molar-refractivity contribution in [1.82, 2.24) is 9.55 Å². The van der Waals surface area contributed by atoms with E-state index in [4.69, 9.17) is 4.98 Å². The molecule has 0 fully saturated rings. The first-order valence-corrected chi connectivity index (χ1v) is 11.9. The van der Waals surface area contributed by atoms with Gasteiger partial charge >= 0.3 is 0 Å². The van der Waals surface area contributed by atoms with Crippen LogP contribution in [0.3, 0.4) is 0 Å². The van der Waals surface area contributed by atoms with Crippen LogP contribution >= 0.6 is 11.3 Å². The molecule has 3 heterocycles. The Kier molecular flexibility index (Phi) is 4.08. The van der Waals surface area contributed by atoms with E-state index in [1.54, 1.807) is 11.3 Å². The lowest BCUT2D eigenvalue weighted by atomic mass is 10.0. The van der Waals surface area contributed by atoms with E-state index >= 15 is 0 Å². The minimum Gasteiger partial charge on any atom is -0.294 e. The molecular weight excluding hydrogens is 434 g/mol. The van der Waals surface area contributed by atoms with Gasteiger partial charge in [0.15, 0.2) is 0 Å². The summed E-state index contributed by atoms with van der Waals surface area (Å²) in [6, 6.07) is 36.1. The molecule has 0 spiro atoms. The predicted octanol–water partition coefficient (Wildman–Crippen LogP) is 8.09. The molecule has 0 N–H and O–H groups in total. The van der Waals surface area contributed by atoms with Crippen LogP contribution < -0.4 is 0 Å². The summed E-state index contributed by atoms with van der Waals surface area (Å²) in [5.74, 6) is 0. The van der Waals surface area contributed by atoms with Crippen LogP contribution in [-0.2, 0) is 0 Å². The van der Waals surface area contributed by atoms with Gasteiger partial charge in [-0.2, -0.15) is 5.26 Å². The Morgan fingerprint density at radius 2 is 1.47 bits per heavy atom. The van der Waals surface area contributed by atoms with Gasteiger partial charge in [0, 0.05) is 42.8 Å². The molecule has 0 unspecified atom stereocenters. The van der Waals surface area contributed by atoms with Crippen LogP contribution in [0.4, 0.5) is 0 Å². The molecule has 0 bridgehead atoms. The Labute approximate surface area is 199 Å². The number of fused-ring (bicyclic) bond motifs is 6. The lowest BCUT2D eigenvalue weighted by Gasteiger charge is -2.10. The molecule has 34 heavy (non-hydrogen) atoms. The van der Waals surface area contributed by atoms with Gasteiger partial charge in [-0.3, -0.25) is 4.57 Å². The van der Waals surface area contributed by atoms with E-state index in [0.29, 0.717) is 5.56 Å². The lowest BCUT2D eigenvalue weighted by molar-refractivity contribution is 1.14. The fourth-order valence-corrected chi connectivity index (χ4v) is 5.98. The maximum Gasteiger partial charge on any atom is 0.145 e. The molecule has 3 nitrogen and oxygen atoms in total. The van der Waals surface area contributed by atoms with Gasteiger partial charge in [0.05, 0.1) is 17.1 Å². The van der Waals surface area contributed by atoms with Crippen molar-refractivity contribution < 1.29 is 0 Å². The molecule has 0 amide bonds. The average molecular weight is 452 g/mol. The van der Waals surface area contributed by atoms with Crippen LogP contribution in [0.2, 0.25) is 0 Å². The molecule has 0 saturated carbocycles. The minimum absolute atomic E-state index is 0.693. The van der Waals surface area contributed by atoms with Crippen LogP contribution in [-0.4, -0.2) is 9.55 Å². The van der Waals surface area contributed by atoms with Crippen molar-refractivity contribution in [3.8, 4) is 22.9 Å². The van der Waals surface area contributed by atoms with Crippen molar-refractivity contribution in [3.05, 3.63) is 109 Å². The van der Waals surface area contributed by atoms with Crippen LogP contribution in [0.1, 0.15) is 5.56 Å². The molecule has 0 aliphatic rings. The van der Waals surface area contributed by atoms with Gasteiger partial charge in [-0.15, -0.1) is 11.3 Å². The standard InChI is InChI=1S/C30H17N3S/c31-18-19-10-12-28-25(15-19)26-17-21(11-13-29(26)34-28)20-5-3-6-22(16-20)33-27-9-2-1-7-23(27)24-8-4-14-32-30(24)33/h1-17H. The fraction of sp³-hybridized carbons (Fsp3) is 0. The highest BCUT2D eigenvalue weighted by molar-refractivity contribution is 7.25. The number of nitrogens with zero attached hydrogens (tertiary/aromatic N) is 3. The molecule has 7 rings (SSSR count). The molecule has 0 radical (unpaired) electrons. The zero-order valence-electron chi connectivity index (χ0n) is 18.1. The normalized spacial score (nSPS) is 11.5. The highest BCUT2D eigenvalue weighted by Gasteiger charge is 2.13. The number of aromatic nitrogens is 2. The van der Waals surface area contributed by atoms with Crippen molar-refractivity contribution >= 4 is 53.4 Å². The number of pyridine rings is 1. The summed E-state index contributed by atoms with van der Waals surface area (Å²) in [5, 5.41) is 14.1. The number of rotatable bonds is 2. The molecule has 4 aromatic carbocycles. The van der Waals surface area contributed by atoms with Crippen LogP contribution in [0, 0.1) is 11.3 Å². The second kappa shape index (κ2) is 7.28. The van der Waals surface area contributed by atoms with E-state index in [0.717, 1.165) is 38.8 Å². The van der Waals surface area contributed by atoms with E-state index in [2.05, 4.69) is 83.4 Å². The van der Waals surface area contributed by atoms with E-state index < -0.39 is 0 Å². The molecular formula is C30H17N3S. The Morgan fingerprint density at radius 3 is 2.38 bits per heavy atom. The first-order valence-electron chi connectivity index (χ1n) is 11.1. The zero-order chi connectivity index (χ0) is 22.6. The van der Waals surface area contributed by atoms with Crippen LogP contribution in [0.5, 0.6) is 0 Å². The Hall–Kier alpha value is -4.46. The van der Waals surface area contributed by atoms with E-state index in [1.165, 1.54) is 20.2 Å². The summed E-state index contributed by atoms with van der Waals surface area (Å²) < 4.78 is 4.68. The SMILES string of the molecule is N#Cc1ccc2sc3ccc(-c4cccc(-n5c6ccccc6c6cccnc65)c4)cc3c2c1. The quantitative estimate of drug-likeness (QED) is 0.266. The highest BCUT2D eigenvalue weighted by atomic mass is 32.1. The number of nitriles is 1. The van der Waals surface area contributed by atoms with Crippen molar-refractivity contribution in [3.63, 3.8) is 0 Å². The predicted molar refractivity (Wildman–Crippen MR) is 142 cm³/mol. The maximum atomic E-state index is 9.36. The number of para-hydroxylation sites is 1. The number of thiophene rings is 1. The average Bonchev–Trinajstić information content (AvgIpc) is 3.43. The largest absolute Gasteiger partial charge is 0.294 e. The van der Waals surface area contributed by atoms with Crippen molar-refractivity contribution in [2.24, 2.45) is 0 Å². The van der Waals surface area contributed by atoms with E-state index in [1.807, 2.05) is 30.5 Å². The molecule has 7 aromatic rings. The van der Waals surface area contributed by atoms with E-state index in [-0.39, 0.29) is 0 Å². The molecule has 0 aliphatic heterocycles. The molecule has 0 atom stereocenters. The summed E-state index contributed by atoms with van der Waals surface area (Å²) >= 11 is 1.77. The van der Waals surface area contributed by atoms with Crippen molar-refractivity contribution in [2.45, 2.75) is 0 Å². The molecule has 0 saturated heterocycles. The minimum atomic E-state index is 0.693. The third-order valence-electron chi connectivity index (χ3n) is 6.47. The fourth-order valence-electron chi connectivity index (χ4n) is 4.91. The lowest BCUT2D eigenvalue weighted by Crippen LogP contribution is -1.95. The molecule has 3 aromatic heterocycles. The Balaban J connectivity index is 1.44. The second-order valence-corrected chi connectivity index (χ2v) is 9.50. The summed E-state index contributed by atoms with van der Waals surface area (Å²) in [4.78, 5) is 4.72. The van der Waals surface area contributed by atoms with Gasteiger partial charge in [0.2, 0.25) is 0 Å². The number of hydrogen-bond acceptors (Lipinski definition) is 3. The smallest absolute Gasteiger partial charge is 0.145 e. The molecule has 0 aliphatic carbocycles. The van der Waals surface area contributed by atoms with Gasteiger partial charge in [0.1, 0.15) is 5.65 Å². The summed E-state index contributed by atoms with van der Waals surface area (Å²) in [6.07, 6.45) is 1.85. The maximum absolute atomic E-state index is 9.36. The molecule has 4 heteroatoms. The summed E-state index contributed by atoms with van der Waals surface area (Å²) in [6.45, 7) is 0. The second-order valence-electron chi connectivity index (χ2n) is 8.41. The highest BCUT2D eigenvalue weighted by Crippen LogP contribution is 2.38. The monoisotopic (exact) mass is 451 g/mol. The van der Waals surface area contributed by atoms with Gasteiger partial charge in [-0.1, -0.05) is 36.4 Å².